The van der Waals surface area contributed by atoms with E-state index in [0.29, 0.717) is 27.3 Å². The van der Waals surface area contributed by atoms with Gasteiger partial charge in [-0.2, -0.15) is 0 Å². The monoisotopic (exact) mass is 466 g/mol. The number of esters is 1. The summed E-state index contributed by atoms with van der Waals surface area (Å²) in [5.74, 6) is 0.334. The average Bonchev–Trinajstić information content (AvgIpc) is 2.57. The first-order chi connectivity index (χ1) is 12.2. The summed E-state index contributed by atoms with van der Waals surface area (Å²) in [4.78, 5) is 11.9. The highest BCUT2D eigenvalue weighted by Gasteiger charge is 2.16. The molecule has 0 radical (unpaired) electrons. The van der Waals surface area contributed by atoms with E-state index in [0.717, 1.165) is 5.56 Å². The number of benzene rings is 2. The maximum absolute atomic E-state index is 11.9. The number of halogens is 1. The maximum atomic E-state index is 11.9. The summed E-state index contributed by atoms with van der Waals surface area (Å²) in [6.07, 6.45) is 0. The van der Waals surface area contributed by atoms with E-state index in [4.69, 9.17) is 14.9 Å². The SMILES string of the molecule is CC(C)(C)OC(=O)CNc1ccc(OCc2ccccc2)cc1C(=N)I. The second kappa shape index (κ2) is 9.02. The van der Waals surface area contributed by atoms with E-state index in [-0.39, 0.29) is 12.5 Å². The Morgan fingerprint density at radius 1 is 1.15 bits per heavy atom. The average molecular weight is 466 g/mol. The summed E-state index contributed by atoms with van der Waals surface area (Å²) >= 11 is 1.94. The van der Waals surface area contributed by atoms with Crippen LogP contribution in [0.3, 0.4) is 0 Å². The van der Waals surface area contributed by atoms with Crippen LogP contribution in [0.4, 0.5) is 5.69 Å². The van der Waals surface area contributed by atoms with Crippen molar-refractivity contribution in [1.29, 1.82) is 5.41 Å². The maximum Gasteiger partial charge on any atom is 0.325 e. The summed E-state index contributed by atoms with van der Waals surface area (Å²) in [6.45, 7) is 5.99. The molecule has 0 spiro atoms. The largest absolute Gasteiger partial charge is 0.489 e. The molecule has 0 bridgehead atoms. The number of rotatable bonds is 7. The quantitative estimate of drug-likeness (QED) is 0.350. The lowest BCUT2D eigenvalue weighted by Crippen LogP contribution is -2.28. The fourth-order valence-electron chi connectivity index (χ4n) is 2.23. The van der Waals surface area contributed by atoms with E-state index in [1.54, 1.807) is 6.07 Å². The lowest BCUT2D eigenvalue weighted by Gasteiger charge is -2.20. The van der Waals surface area contributed by atoms with Crippen LogP contribution in [0.5, 0.6) is 5.75 Å². The van der Waals surface area contributed by atoms with E-state index in [1.807, 2.05) is 85.8 Å². The molecule has 2 aromatic rings. The molecule has 0 saturated carbocycles. The molecule has 0 aliphatic carbocycles. The molecule has 2 N–H and O–H groups in total. The molecule has 0 heterocycles. The van der Waals surface area contributed by atoms with Crippen LogP contribution < -0.4 is 10.1 Å². The van der Waals surface area contributed by atoms with E-state index >= 15 is 0 Å². The van der Waals surface area contributed by atoms with E-state index in [9.17, 15) is 4.79 Å². The highest BCUT2D eigenvalue weighted by Crippen LogP contribution is 2.25. The lowest BCUT2D eigenvalue weighted by atomic mass is 10.1. The van der Waals surface area contributed by atoms with E-state index in [1.165, 1.54) is 0 Å². The summed E-state index contributed by atoms with van der Waals surface area (Å²) in [6, 6.07) is 15.3. The molecule has 0 atom stereocenters. The van der Waals surface area contributed by atoms with Crippen molar-refractivity contribution in [3.63, 3.8) is 0 Å². The van der Waals surface area contributed by atoms with Crippen LogP contribution in [0.1, 0.15) is 31.9 Å². The standard InChI is InChI=1S/C20H23IN2O3/c1-20(2,3)26-18(24)12-23-17-10-9-15(11-16(17)19(21)22)25-13-14-7-5-4-6-8-14/h4-11,22-23H,12-13H2,1-3H3. The Labute approximate surface area is 167 Å². The van der Waals surface area contributed by atoms with Gasteiger partial charge in [0, 0.05) is 11.3 Å². The van der Waals surface area contributed by atoms with Gasteiger partial charge in [-0.15, -0.1) is 0 Å². The molecule has 0 aromatic heterocycles. The number of carbonyl (C=O) groups is 1. The third-order valence-corrected chi connectivity index (χ3v) is 3.90. The van der Waals surface area contributed by atoms with Crippen LogP contribution in [0.25, 0.3) is 0 Å². The molecule has 138 valence electrons. The van der Waals surface area contributed by atoms with Crippen LogP contribution in [0.15, 0.2) is 48.5 Å². The fraction of sp³-hybridized carbons (Fsp3) is 0.300. The third-order valence-electron chi connectivity index (χ3n) is 3.32. The second-order valence-electron chi connectivity index (χ2n) is 6.74. The Balaban J connectivity index is 2.03. The van der Waals surface area contributed by atoms with Gasteiger partial charge in [-0.1, -0.05) is 30.3 Å². The highest BCUT2D eigenvalue weighted by atomic mass is 127. The molecule has 0 amide bonds. The van der Waals surface area contributed by atoms with Crippen molar-refractivity contribution < 1.29 is 14.3 Å². The van der Waals surface area contributed by atoms with Crippen LogP contribution in [0.2, 0.25) is 0 Å². The van der Waals surface area contributed by atoms with E-state index < -0.39 is 5.60 Å². The molecule has 6 heteroatoms. The molecular weight excluding hydrogens is 443 g/mol. The van der Waals surface area contributed by atoms with Gasteiger partial charge in [0.25, 0.3) is 0 Å². The van der Waals surface area contributed by atoms with Crippen LogP contribution in [-0.4, -0.2) is 21.8 Å². The minimum absolute atomic E-state index is 0.0401. The normalized spacial score (nSPS) is 10.9. The molecule has 0 saturated heterocycles. The number of hydrogen-bond acceptors (Lipinski definition) is 5. The summed E-state index contributed by atoms with van der Waals surface area (Å²) < 4.78 is 11.5. The fourth-order valence-corrected chi connectivity index (χ4v) is 2.68. The second-order valence-corrected chi connectivity index (χ2v) is 7.81. The Morgan fingerprint density at radius 2 is 1.85 bits per heavy atom. The first-order valence-corrected chi connectivity index (χ1v) is 9.33. The number of carbonyl (C=O) groups excluding carboxylic acids is 1. The zero-order valence-corrected chi connectivity index (χ0v) is 17.3. The molecule has 0 fully saturated rings. The molecule has 0 aliphatic rings. The first kappa shape index (κ1) is 20.2. The van der Waals surface area contributed by atoms with Crippen LogP contribution in [-0.2, 0) is 16.1 Å². The van der Waals surface area contributed by atoms with Crippen molar-refractivity contribution in [1.82, 2.24) is 0 Å². The Hall–Kier alpha value is -2.09. The van der Waals surface area contributed by atoms with Crippen molar-refractivity contribution in [2.24, 2.45) is 0 Å². The lowest BCUT2D eigenvalue weighted by molar-refractivity contribution is -0.152. The number of ether oxygens (including phenoxy) is 2. The first-order valence-electron chi connectivity index (χ1n) is 8.25. The van der Waals surface area contributed by atoms with Gasteiger partial charge < -0.3 is 14.8 Å². The smallest absolute Gasteiger partial charge is 0.325 e. The topological polar surface area (TPSA) is 71.4 Å². The summed E-state index contributed by atoms with van der Waals surface area (Å²) in [5.41, 5.74) is 1.93. The predicted molar refractivity (Wildman–Crippen MR) is 112 cm³/mol. The van der Waals surface area contributed by atoms with Crippen molar-refractivity contribution in [2.75, 3.05) is 11.9 Å². The van der Waals surface area contributed by atoms with Crippen molar-refractivity contribution in [3.05, 3.63) is 59.7 Å². The molecule has 2 rings (SSSR count). The Bertz CT molecular complexity index is 770. The molecule has 0 unspecified atom stereocenters. The minimum atomic E-state index is -0.521. The van der Waals surface area contributed by atoms with Crippen molar-refractivity contribution in [2.45, 2.75) is 33.0 Å². The van der Waals surface area contributed by atoms with Crippen LogP contribution in [0, 0.1) is 5.41 Å². The molecule has 0 aliphatic heterocycles. The van der Waals surface area contributed by atoms with Gasteiger partial charge in [0.2, 0.25) is 0 Å². The molecular formula is C20H23IN2O3. The molecule has 5 nitrogen and oxygen atoms in total. The highest BCUT2D eigenvalue weighted by molar-refractivity contribution is 14.1. The Morgan fingerprint density at radius 3 is 2.46 bits per heavy atom. The van der Waals surface area contributed by atoms with Crippen LogP contribution >= 0.6 is 22.6 Å². The van der Waals surface area contributed by atoms with Crippen molar-refractivity contribution in [3.8, 4) is 5.75 Å². The van der Waals surface area contributed by atoms with Gasteiger partial charge in [0.05, 0.1) is 0 Å². The summed E-state index contributed by atoms with van der Waals surface area (Å²) in [5, 5.41) is 11.0. The van der Waals surface area contributed by atoms with Crippen molar-refractivity contribution >= 4 is 38.0 Å². The zero-order chi connectivity index (χ0) is 19.2. The predicted octanol–water partition coefficient (Wildman–Crippen LogP) is 4.78. The van der Waals surface area contributed by atoms with Gasteiger partial charge in [-0.05, 0) is 67.1 Å². The number of hydrogen-bond donors (Lipinski definition) is 2. The zero-order valence-electron chi connectivity index (χ0n) is 15.1. The van der Waals surface area contributed by atoms with Gasteiger partial charge in [-0.3, -0.25) is 10.2 Å². The molecule has 2 aromatic carbocycles. The third kappa shape index (κ3) is 6.67. The number of anilines is 1. The summed E-state index contributed by atoms with van der Waals surface area (Å²) in [7, 11) is 0. The van der Waals surface area contributed by atoms with E-state index in [2.05, 4.69) is 5.32 Å². The minimum Gasteiger partial charge on any atom is -0.489 e. The van der Waals surface area contributed by atoms with Gasteiger partial charge >= 0.3 is 5.97 Å². The van der Waals surface area contributed by atoms with Gasteiger partial charge in [0.15, 0.2) is 0 Å². The van der Waals surface area contributed by atoms with Gasteiger partial charge in [0.1, 0.15) is 28.2 Å². The number of nitrogens with one attached hydrogen (secondary N) is 2. The Kier molecular flexibility index (Phi) is 7.02. The molecule has 26 heavy (non-hydrogen) atoms. The van der Waals surface area contributed by atoms with Gasteiger partial charge in [-0.25, -0.2) is 0 Å².